The zero-order valence-electron chi connectivity index (χ0n) is 15.6. The summed E-state index contributed by atoms with van der Waals surface area (Å²) >= 11 is 1.66. The molecule has 3 heteroatoms. The second-order valence-electron chi connectivity index (χ2n) is 6.45. The van der Waals surface area contributed by atoms with Crippen LogP contribution in [0.25, 0.3) is 0 Å². The first-order chi connectivity index (χ1) is 11.2. The van der Waals surface area contributed by atoms with Crippen molar-refractivity contribution in [3.8, 4) is 11.5 Å². The predicted octanol–water partition coefficient (Wildman–Crippen LogP) is 6.94. The van der Waals surface area contributed by atoms with Crippen LogP contribution in [0.5, 0.6) is 11.5 Å². The Hall–Kier alpha value is -0.700. The van der Waals surface area contributed by atoms with Crippen molar-refractivity contribution in [2.75, 3.05) is 13.2 Å². The van der Waals surface area contributed by atoms with Crippen LogP contribution in [0, 0.1) is 11.8 Å². The van der Waals surface area contributed by atoms with E-state index in [-0.39, 0.29) is 0 Å². The molecule has 0 atom stereocenters. The molecule has 0 radical (unpaired) electrons. The molecular weight excluding hydrogens is 304 g/mol. The zero-order valence-corrected chi connectivity index (χ0v) is 16.4. The largest absolute Gasteiger partial charge is 0.489 e. The molecule has 0 spiro atoms. The molecule has 1 rings (SSSR count). The van der Waals surface area contributed by atoms with Gasteiger partial charge in [0.1, 0.15) is 0 Å². The van der Waals surface area contributed by atoms with Crippen LogP contribution >= 0.6 is 11.3 Å². The Morgan fingerprint density at radius 1 is 0.739 bits per heavy atom. The first kappa shape index (κ1) is 20.3. The summed E-state index contributed by atoms with van der Waals surface area (Å²) in [7, 11) is 0. The van der Waals surface area contributed by atoms with Crippen LogP contribution < -0.4 is 9.47 Å². The molecular formula is C20H36O2S. The summed E-state index contributed by atoms with van der Waals surface area (Å²) in [4.78, 5) is 0. The van der Waals surface area contributed by atoms with Gasteiger partial charge in [-0.3, -0.25) is 0 Å². The predicted molar refractivity (Wildman–Crippen MR) is 102 cm³/mol. The minimum absolute atomic E-state index is 0.803. The molecule has 0 aliphatic heterocycles. The maximum absolute atomic E-state index is 5.92. The highest BCUT2D eigenvalue weighted by Crippen LogP contribution is 2.32. The number of rotatable bonds is 14. The summed E-state index contributed by atoms with van der Waals surface area (Å²) in [6, 6.07) is 0. The lowest BCUT2D eigenvalue weighted by Gasteiger charge is -2.14. The quantitative estimate of drug-likeness (QED) is 0.341. The maximum Gasteiger partial charge on any atom is 0.171 e. The van der Waals surface area contributed by atoms with E-state index >= 15 is 0 Å². The topological polar surface area (TPSA) is 18.5 Å². The minimum atomic E-state index is 0.803. The van der Waals surface area contributed by atoms with Crippen molar-refractivity contribution in [1.29, 1.82) is 0 Å². The van der Waals surface area contributed by atoms with Gasteiger partial charge in [-0.05, 0) is 37.5 Å². The Labute approximate surface area is 147 Å². The van der Waals surface area contributed by atoms with Gasteiger partial charge in [0.15, 0.2) is 11.5 Å². The highest BCUT2D eigenvalue weighted by atomic mass is 32.1. The monoisotopic (exact) mass is 340 g/mol. The molecule has 0 bridgehead atoms. The standard InChI is InChI=1S/C20H36O2S/c1-5-17(6-2)11-9-13-21-19-15-23-16-20(19)22-14-10-12-18(7-3)8-4/h15-18H,5-14H2,1-4H3. The minimum Gasteiger partial charge on any atom is -0.489 e. The van der Waals surface area contributed by atoms with E-state index in [4.69, 9.17) is 9.47 Å². The molecule has 1 aromatic rings. The van der Waals surface area contributed by atoms with Gasteiger partial charge in [0.05, 0.1) is 13.2 Å². The highest BCUT2D eigenvalue weighted by Gasteiger charge is 2.09. The van der Waals surface area contributed by atoms with Gasteiger partial charge < -0.3 is 9.47 Å². The molecule has 23 heavy (non-hydrogen) atoms. The van der Waals surface area contributed by atoms with Crippen molar-refractivity contribution in [1.82, 2.24) is 0 Å². The smallest absolute Gasteiger partial charge is 0.171 e. The number of hydrogen-bond donors (Lipinski definition) is 0. The molecule has 1 aromatic heterocycles. The van der Waals surface area contributed by atoms with Gasteiger partial charge in [0.25, 0.3) is 0 Å². The SMILES string of the molecule is CCC(CC)CCCOc1cscc1OCCCC(CC)CC. The van der Waals surface area contributed by atoms with Crippen LogP contribution in [0.1, 0.15) is 79.1 Å². The fourth-order valence-corrected chi connectivity index (χ4v) is 3.67. The summed E-state index contributed by atoms with van der Waals surface area (Å²) < 4.78 is 11.8. The Morgan fingerprint density at radius 2 is 1.13 bits per heavy atom. The van der Waals surface area contributed by atoms with Gasteiger partial charge in [-0.25, -0.2) is 0 Å². The lowest BCUT2D eigenvalue weighted by molar-refractivity contribution is 0.250. The first-order valence-corrected chi connectivity index (χ1v) is 10.5. The lowest BCUT2D eigenvalue weighted by Crippen LogP contribution is -2.05. The zero-order chi connectivity index (χ0) is 16.9. The van der Waals surface area contributed by atoms with Gasteiger partial charge in [-0.15, -0.1) is 11.3 Å². The summed E-state index contributed by atoms with van der Waals surface area (Å²) in [6.07, 6.45) is 9.91. The summed E-state index contributed by atoms with van der Waals surface area (Å²) in [5.74, 6) is 3.56. The molecule has 0 saturated carbocycles. The van der Waals surface area contributed by atoms with Crippen molar-refractivity contribution < 1.29 is 9.47 Å². The Bertz CT molecular complexity index is 346. The molecule has 0 amide bonds. The van der Waals surface area contributed by atoms with Crippen LogP contribution in [0.4, 0.5) is 0 Å². The second-order valence-corrected chi connectivity index (χ2v) is 7.19. The van der Waals surface area contributed by atoms with Crippen molar-refractivity contribution in [3.05, 3.63) is 10.8 Å². The van der Waals surface area contributed by atoms with Crippen LogP contribution in [-0.4, -0.2) is 13.2 Å². The van der Waals surface area contributed by atoms with E-state index in [1.165, 1.54) is 38.5 Å². The van der Waals surface area contributed by atoms with E-state index in [0.717, 1.165) is 49.4 Å². The molecule has 0 saturated heterocycles. The lowest BCUT2D eigenvalue weighted by atomic mass is 9.98. The highest BCUT2D eigenvalue weighted by molar-refractivity contribution is 7.08. The van der Waals surface area contributed by atoms with Crippen molar-refractivity contribution in [3.63, 3.8) is 0 Å². The normalized spacial score (nSPS) is 11.4. The Morgan fingerprint density at radius 3 is 1.48 bits per heavy atom. The average Bonchev–Trinajstić information content (AvgIpc) is 3.02. The molecule has 134 valence electrons. The van der Waals surface area contributed by atoms with E-state index < -0.39 is 0 Å². The van der Waals surface area contributed by atoms with Crippen LogP contribution in [0.15, 0.2) is 10.8 Å². The molecule has 0 aliphatic rings. The van der Waals surface area contributed by atoms with E-state index in [0.29, 0.717) is 0 Å². The van der Waals surface area contributed by atoms with E-state index in [9.17, 15) is 0 Å². The van der Waals surface area contributed by atoms with Gasteiger partial charge in [-0.1, -0.05) is 53.4 Å². The van der Waals surface area contributed by atoms with Crippen LogP contribution in [0.2, 0.25) is 0 Å². The average molecular weight is 341 g/mol. The molecule has 0 unspecified atom stereocenters. The van der Waals surface area contributed by atoms with E-state index in [1.807, 2.05) is 0 Å². The van der Waals surface area contributed by atoms with Crippen molar-refractivity contribution in [2.24, 2.45) is 11.8 Å². The van der Waals surface area contributed by atoms with Gasteiger partial charge in [0.2, 0.25) is 0 Å². The first-order valence-electron chi connectivity index (χ1n) is 9.56. The second kappa shape index (κ2) is 12.7. The van der Waals surface area contributed by atoms with Gasteiger partial charge >= 0.3 is 0 Å². The molecule has 0 N–H and O–H groups in total. The Kier molecular flexibility index (Phi) is 11.2. The third-order valence-electron chi connectivity index (χ3n) is 4.93. The summed E-state index contributed by atoms with van der Waals surface area (Å²) in [6.45, 7) is 10.7. The van der Waals surface area contributed by atoms with E-state index in [2.05, 4.69) is 38.5 Å². The molecule has 1 heterocycles. The van der Waals surface area contributed by atoms with Crippen molar-refractivity contribution in [2.45, 2.75) is 79.1 Å². The van der Waals surface area contributed by atoms with Crippen LogP contribution in [-0.2, 0) is 0 Å². The summed E-state index contributed by atoms with van der Waals surface area (Å²) in [5, 5.41) is 4.13. The third kappa shape index (κ3) is 8.10. The molecule has 0 fully saturated rings. The van der Waals surface area contributed by atoms with Gasteiger partial charge in [-0.2, -0.15) is 0 Å². The molecule has 0 aromatic carbocycles. The van der Waals surface area contributed by atoms with E-state index in [1.54, 1.807) is 11.3 Å². The fourth-order valence-electron chi connectivity index (χ4n) is 2.99. The maximum atomic E-state index is 5.92. The number of thiophene rings is 1. The number of hydrogen-bond acceptors (Lipinski definition) is 3. The van der Waals surface area contributed by atoms with Crippen molar-refractivity contribution >= 4 is 11.3 Å². The number of ether oxygens (including phenoxy) is 2. The Balaban J connectivity index is 2.22. The fraction of sp³-hybridized carbons (Fsp3) is 0.800. The van der Waals surface area contributed by atoms with Gasteiger partial charge in [0, 0.05) is 10.8 Å². The summed E-state index contributed by atoms with van der Waals surface area (Å²) in [5.41, 5.74) is 0. The third-order valence-corrected chi connectivity index (χ3v) is 5.63. The van der Waals surface area contributed by atoms with Crippen LogP contribution in [0.3, 0.4) is 0 Å². The molecule has 2 nitrogen and oxygen atoms in total. The molecule has 0 aliphatic carbocycles.